The van der Waals surface area contributed by atoms with Crippen molar-refractivity contribution in [3.05, 3.63) is 34.3 Å². The van der Waals surface area contributed by atoms with Crippen LogP contribution in [-0.2, 0) is 16.4 Å². The predicted molar refractivity (Wildman–Crippen MR) is 85.3 cm³/mol. The average molecular weight is 342 g/mol. The zero-order valence-electron chi connectivity index (χ0n) is 12.6. The van der Waals surface area contributed by atoms with E-state index in [1.54, 1.807) is 11.6 Å². The Bertz CT molecular complexity index is 741. The van der Waals surface area contributed by atoms with E-state index in [0.717, 1.165) is 10.6 Å². The first-order valence-electron chi connectivity index (χ1n) is 6.58. The predicted octanol–water partition coefficient (Wildman–Crippen LogP) is 1.99. The summed E-state index contributed by atoms with van der Waals surface area (Å²) in [6.07, 6.45) is 0.614. The molecule has 1 heterocycles. The van der Waals surface area contributed by atoms with Gasteiger partial charge in [-0.1, -0.05) is 0 Å². The number of nitrogens with zero attached hydrogens (tertiary/aromatic N) is 1. The molecule has 8 heteroatoms. The molecular formula is C14H18N2O4S2. The van der Waals surface area contributed by atoms with Crippen LogP contribution in [0.25, 0.3) is 0 Å². The van der Waals surface area contributed by atoms with E-state index in [4.69, 9.17) is 9.47 Å². The molecule has 1 aromatic carbocycles. The van der Waals surface area contributed by atoms with Crippen LogP contribution in [0.5, 0.6) is 11.5 Å². The molecule has 0 aliphatic heterocycles. The lowest BCUT2D eigenvalue weighted by Crippen LogP contribution is -2.26. The third kappa shape index (κ3) is 3.76. The normalized spacial score (nSPS) is 11.4. The van der Waals surface area contributed by atoms with Crippen LogP contribution in [0.15, 0.2) is 28.6 Å². The van der Waals surface area contributed by atoms with Gasteiger partial charge in [0, 0.05) is 17.5 Å². The molecule has 6 nitrogen and oxygen atoms in total. The highest BCUT2D eigenvalue weighted by Crippen LogP contribution is 2.29. The van der Waals surface area contributed by atoms with Crippen molar-refractivity contribution in [1.29, 1.82) is 0 Å². The van der Waals surface area contributed by atoms with Crippen molar-refractivity contribution in [1.82, 2.24) is 9.71 Å². The van der Waals surface area contributed by atoms with Gasteiger partial charge in [-0.2, -0.15) is 0 Å². The molecule has 0 aliphatic carbocycles. The third-order valence-electron chi connectivity index (χ3n) is 3.15. The Morgan fingerprint density at radius 3 is 2.55 bits per heavy atom. The first-order valence-corrected chi connectivity index (χ1v) is 8.95. The maximum Gasteiger partial charge on any atom is 0.240 e. The molecule has 0 amide bonds. The number of rotatable bonds is 7. The zero-order chi connectivity index (χ0) is 16.2. The van der Waals surface area contributed by atoms with Crippen LogP contribution in [0.1, 0.15) is 10.6 Å². The van der Waals surface area contributed by atoms with Crippen molar-refractivity contribution < 1.29 is 17.9 Å². The minimum Gasteiger partial charge on any atom is -0.493 e. The smallest absolute Gasteiger partial charge is 0.240 e. The van der Waals surface area contributed by atoms with Crippen LogP contribution in [0.4, 0.5) is 0 Å². The molecule has 1 N–H and O–H groups in total. The van der Waals surface area contributed by atoms with E-state index in [-0.39, 0.29) is 4.90 Å². The van der Waals surface area contributed by atoms with Gasteiger partial charge in [0.1, 0.15) is 0 Å². The number of hydrogen-bond acceptors (Lipinski definition) is 6. The highest BCUT2D eigenvalue weighted by Gasteiger charge is 2.16. The fraction of sp³-hybridized carbons (Fsp3) is 0.357. The van der Waals surface area contributed by atoms with Crippen LogP contribution in [-0.4, -0.2) is 34.2 Å². The standard InChI is InChI=1S/C14H18N2O4S2/c1-10-14(21-9-15-10)6-7-16-22(17,18)11-4-5-12(19-2)13(8-11)20-3/h4-5,8-9,16H,6-7H2,1-3H3. The summed E-state index contributed by atoms with van der Waals surface area (Å²) in [6.45, 7) is 2.23. The van der Waals surface area contributed by atoms with Crippen molar-refractivity contribution in [3.63, 3.8) is 0 Å². The van der Waals surface area contributed by atoms with E-state index in [0.29, 0.717) is 24.5 Å². The number of thiazole rings is 1. The first kappa shape index (κ1) is 16.7. The number of aryl methyl sites for hydroxylation is 1. The molecular weight excluding hydrogens is 324 g/mol. The third-order valence-corrected chi connectivity index (χ3v) is 5.61. The summed E-state index contributed by atoms with van der Waals surface area (Å²) in [6, 6.07) is 4.50. The van der Waals surface area contributed by atoms with E-state index in [1.165, 1.54) is 37.7 Å². The molecule has 0 atom stereocenters. The molecule has 0 saturated heterocycles. The van der Waals surface area contributed by atoms with Crippen molar-refractivity contribution in [3.8, 4) is 11.5 Å². The number of sulfonamides is 1. The van der Waals surface area contributed by atoms with Crippen LogP contribution < -0.4 is 14.2 Å². The Kier molecular flexibility index (Phi) is 5.38. The summed E-state index contributed by atoms with van der Waals surface area (Å²) in [5.41, 5.74) is 2.70. The van der Waals surface area contributed by atoms with Gasteiger partial charge < -0.3 is 9.47 Å². The van der Waals surface area contributed by atoms with Crippen molar-refractivity contribution in [2.45, 2.75) is 18.2 Å². The molecule has 2 aromatic rings. The van der Waals surface area contributed by atoms with Crippen LogP contribution in [0, 0.1) is 6.92 Å². The molecule has 0 aliphatic rings. The van der Waals surface area contributed by atoms with Crippen LogP contribution in [0.2, 0.25) is 0 Å². The molecule has 0 unspecified atom stereocenters. The molecule has 1 aromatic heterocycles. The summed E-state index contributed by atoms with van der Waals surface area (Å²) in [4.78, 5) is 5.37. The number of benzene rings is 1. The van der Waals surface area contributed by atoms with E-state index < -0.39 is 10.0 Å². The summed E-state index contributed by atoms with van der Waals surface area (Å²) >= 11 is 1.52. The van der Waals surface area contributed by atoms with Gasteiger partial charge in [0.2, 0.25) is 10.0 Å². The Morgan fingerprint density at radius 2 is 1.95 bits per heavy atom. The van der Waals surface area contributed by atoms with Crippen molar-refractivity contribution in [2.24, 2.45) is 0 Å². The topological polar surface area (TPSA) is 77.5 Å². The molecule has 2 rings (SSSR count). The lowest BCUT2D eigenvalue weighted by atomic mass is 10.3. The zero-order valence-corrected chi connectivity index (χ0v) is 14.3. The maximum absolute atomic E-state index is 12.3. The summed E-state index contributed by atoms with van der Waals surface area (Å²) in [5.74, 6) is 0.866. The molecule has 0 radical (unpaired) electrons. The number of methoxy groups -OCH3 is 2. The van der Waals surface area contributed by atoms with E-state index >= 15 is 0 Å². The number of aromatic nitrogens is 1. The van der Waals surface area contributed by atoms with Gasteiger partial charge in [-0.15, -0.1) is 11.3 Å². The Balaban J connectivity index is 2.08. The highest BCUT2D eigenvalue weighted by atomic mass is 32.2. The summed E-state index contributed by atoms with van der Waals surface area (Å²) in [5, 5.41) is 0. The second-order valence-corrected chi connectivity index (χ2v) is 7.23. The van der Waals surface area contributed by atoms with Gasteiger partial charge in [0.25, 0.3) is 0 Å². The van der Waals surface area contributed by atoms with E-state index in [2.05, 4.69) is 9.71 Å². The van der Waals surface area contributed by atoms with Gasteiger partial charge in [0.15, 0.2) is 11.5 Å². The molecule has 22 heavy (non-hydrogen) atoms. The fourth-order valence-electron chi connectivity index (χ4n) is 1.93. The van der Waals surface area contributed by atoms with Gasteiger partial charge in [0.05, 0.1) is 30.3 Å². The molecule has 120 valence electrons. The summed E-state index contributed by atoms with van der Waals surface area (Å²) in [7, 11) is -0.617. The quantitative estimate of drug-likeness (QED) is 0.832. The number of hydrogen-bond donors (Lipinski definition) is 1. The fourth-order valence-corrected chi connectivity index (χ4v) is 3.76. The second kappa shape index (κ2) is 7.08. The number of ether oxygens (including phenoxy) is 2. The first-order chi connectivity index (χ1) is 10.5. The Morgan fingerprint density at radius 1 is 1.23 bits per heavy atom. The Labute approximate surface area is 134 Å². The highest BCUT2D eigenvalue weighted by molar-refractivity contribution is 7.89. The van der Waals surface area contributed by atoms with Crippen molar-refractivity contribution in [2.75, 3.05) is 20.8 Å². The number of nitrogens with one attached hydrogen (secondary N) is 1. The van der Waals surface area contributed by atoms with Gasteiger partial charge in [-0.25, -0.2) is 18.1 Å². The lowest BCUT2D eigenvalue weighted by Gasteiger charge is -2.11. The van der Waals surface area contributed by atoms with Gasteiger partial charge >= 0.3 is 0 Å². The SMILES string of the molecule is COc1ccc(S(=O)(=O)NCCc2scnc2C)cc1OC. The monoisotopic (exact) mass is 342 g/mol. The minimum atomic E-state index is -3.59. The second-order valence-electron chi connectivity index (χ2n) is 4.53. The maximum atomic E-state index is 12.3. The molecule has 0 spiro atoms. The summed E-state index contributed by atoms with van der Waals surface area (Å²) < 4.78 is 37.4. The van der Waals surface area contributed by atoms with Crippen LogP contribution in [0.3, 0.4) is 0 Å². The van der Waals surface area contributed by atoms with Gasteiger partial charge in [-0.05, 0) is 25.5 Å². The van der Waals surface area contributed by atoms with Crippen LogP contribution >= 0.6 is 11.3 Å². The van der Waals surface area contributed by atoms with E-state index in [1.807, 2.05) is 6.92 Å². The van der Waals surface area contributed by atoms with Crippen molar-refractivity contribution >= 4 is 21.4 Å². The Hall–Kier alpha value is -1.64. The average Bonchev–Trinajstić information content (AvgIpc) is 2.91. The molecule has 0 saturated carbocycles. The molecule has 0 bridgehead atoms. The molecule has 0 fully saturated rings. The van der Waals surface area contributed by atoms with E-state index in [9.17, 15) is 8.42 Å². The van der Waals surface area contributed by atoms with Gasteiger partial charge in [-0.3, -0.25) is 0 Å². The lowest BCUT2D eigenvalue weighted by molar-refractivity contribution is 0.354. The minimum absolute atomic E-state index is 0.145. The largest absolute Gasteiger partial charge is 0.493 e.